The highest BCUT2D eigenvalue weighted by molar-refractivity contribution is 5.95. The summed E-state index contributed by atoms with van der Waals surface area (Å²) in [4.78, 5) is 22.7. The molecule has 2 aromatic heterocycles. The van der Waals surface area contributed by atoms with E-state index in [9.17, 15) is 4.79 Å². The van der Waals surface area contributed by atoms with Crippen LogP contribution in [0.1, 0.15) is 60.3 Å². The molecule has 7 heteroatoms. The molecule has 168 valence electrons. The number of aromatic nitrogens is 3. The van der Waals surface area contributed by atoms with Crippen LogP contribution in [0.15, 0.2) is 36.5 Å². The zero-order valence-corrected chi connectivity index (χ0v) is 19.1. The quantitative estimate of drug-likeness (QED) is 0.615. The maximum atomic E-state index is 13.4. The van der Waals surface area contributed by atoms with Crippen molar-refractivity contribution in [2.24, 2.45) is 5.92 Å². The number of likely N-dealkylation sites (tertiary alicyclic amines) is 1. The Kier molecular flexibility index (Phi) is 5.49. The van der Waals surface area contributed by atoms with Gasteiger partial charge >= 0.3 is 0 Å². The Labute approximate surface area is 189 Å². The van der Waals surface area contributed by atoms with Gasteiger partial charge in [-0.05, 0) is 56.7 Å². The van der Waals surface area contributed by atoms with E-state index in [4.69, 9.17) is 14.8 Å². The molecule has 5 rings (SSSR count). The number of methoxy groups -OCH3 is 1. The van der Waals surface area contributed by atoms with Crippen LogP contribution in [0.2, 0.25) is 0 Å². The van der Waals surface area contributed by atoms with E-state index in [-0.39, 0.29) is 11.9 Å². The highest BCUT2D eigenvalue weighted by Crippen LogP contribution is 2.33. The molecule has 7 nitrogen and oxygen atoms in total. The summed E-state index contributed by atoms with van der Waals surface area (Å²) in [5.74, 6) is 2.48. The van der Waals surface area contributed by atoms with Gasteiger partial charge in [-0.2, -0.15) is 5.10 Å². The van der Waals surface area contributed by atoms with Crippen LogP contribution >= 0.6 is 0 Å². The molecule has 4 heterocycles. The summed E-state index contributed by atoms with van der Waals surface area (Å²) in [7, 11) is 1.62. The number of nitrogens with zero attached hydrogens (tertiary/aromatic N) is 5. The van der Waals surface area contributed by atoms with E-state index in [0.717, 1.165) is 61.6 Å². The van der Waals surface area contributed by atoms with Gasteiger partial charge in [-0.3, -0.25) is 4.79 Å². The predicted octanol–water partition coefficient (Wildman–Crippen LogP) is 4.26. The molecule has 0 spiro atoms. The van der Waals surface area contributed by atoms with E-state index in [1.165, 1.54) is 6.42 Å². The van der Waals surface area contributed by atoms with Gasteiger partial charge in [-0.15, -0.1) is 0 Å². The smallest absolute Gasteiger partial charge is 0.254 e. The maximum absolute atomic E-state index is 13.4. The lowest BCUT2D eigenvalue weighted by Crippen LogP contribution is -2.38. The van der Waals surface area contributed by atoms with Gasteiger partial charge in [0.05, 0.1) is 18.8 Å². The van der Waals surface area contributed by atoms with Gasteiger partial charge in [0.25, 0.3) is 5.91 Å². The lowest BCUT2D eigenvalue weighted by Gasteiger charge is -2.34. The lowest BCUT2D eigenvalue weighted by molar-refractivity contribution is 0.0605. The first kappa shape index (κ1) is 20.8. The van der Waals surface area contributed by atoms with Crippen molar-refractivity contribution in [1.29, 1.82) is 0 Å². The summed E-state index contributed by atoms with van der Waals surface area (Å²) in [6.07, 6.45) is 6.29. The second-order valence-corrected chi connectivity index (χ2v) is 9.20. The average molecular weight is 434 g/mol. The van der Waals surface area contributed by atoms with Gasteiger partial charge < -0.3 is 14.5 Å². The summed E-state index contributed by atoms with van der Waals surface area (Å²) in [6, 6.07) is 9.41. The molecule has 32 heavy (non-hydrogen) atoms. The Morgan fingerprint density at radius 2 is 2.03 bits per heavy atom. The minimum atomic E-state index is -0.0419. The minimum Gasteiger partial charge on any atom is -0.497 e. The number of hydrogen-bond donors (Lipinski definition) is 0. The zero-order valence-electron chi connectivity index (χ0n) is 19.1. The molecule has 1 aromatic carbocycles. The molecule has 0 aliphatic carbocycles. The second kappa shape index (κ2) is 8.45. The highest BCUT2D eigenvalue weighted by atomic mass is 16.5. The molecule has 2 aliphatic rings. The van der Waals surface area contributed by atoms with Crippen LogP contribution in [-0.2, 0) is 0 Å². The van der Waals surface area contributed by atoms with E-state index in [1.807, 2.05) is 33.7 Å². The van der Waals surface area contributed by atoms with Crippen molar-refractivity contribution in [3.8, 4) is 5.75 Å². The van der Waals surface area contributed by atoms with Crippen LogP contribution in [0.25, 0.3) is 5.65 Å². The Bertz CT molecular complexity index is 1140. The first-order chi connectivity index (χ1) is 15.5. The fourth-order valence-electron chi connectivity index (χ4n) is 5.03. The molecule has 0 unspecified atom stereocenters. The summed E-state index contributed by atoms with van der Waals surface area (Å²) < 4.78 is 7.19. The SMILES string of the molecule is COc1cccc(C(=O)N2CCCC[C@H]2c2cc3nc(N4CC[C@H](C)C4)c(C)cn3n2)c1. The average Bonchev–Trinajstić information content (AvgIpc) is 3.43. The first-order valence-electron chi connectivity index (χ1n) is 11.6. The summed E-state index contributed by atoms with van der Waals surface area (Å²) in [6.45, 7) is 7.24. The zero-order chi connectivity index (χ0) is 22.2. The Morgan fingerprint density at radius 3 is 2.81 bits per heavy atom. The van der Waals surface area contributed by atoms with Crippen LogP contribution < -0.4 is 9.64 Å². The molecular formula is C25H31N5O2. The topological polar surface area (TPSA) is 63.0 Å². The Hall–Kier alpha value is -3.09. The van der Waals surface area contributed by atoms with E-state index in [1.54, 1.807) is 7.11 Å². The number of aryl methyl sites for hydroxylation is 1. The fourth-order valence-corrected chi connectivity index (χ4v) is 5.03. The summed E-state index contributed by atoms with van der Waals surface area (Å²) in [5.41, 5.74) is 3.55. The van der Waals surface area contributed by atoms with E-state index >= 15 is 0 Å². The van der Waals surface area contributed by atoms with Crippen molar-refractivity contribution in [1.82, 2.24) is 19.5 Å². The number of piperidine rings is 1. The van der Waals surface area contributed by atoms with Crippen molar-refractivity contribution in [2.75, 3.05) is 31.6 Å². The number of carbonyl (C=O) groups excluding carboxylic acids is 1. The maximum Gasteiger partial charge on any atom is 0.254 e. The molecule has 2 aliphatic heterocycles. The number of anilines is 1. The number of ether oxygens (including phenoxy) is 1. The van der Waals surface area contributed by atoms with Gasteiger partial charge in [0.1, 0.15) is 11.6 Å². The van der Waals surface area contributed by atoms with Crippen molar-refractivity contribution < 1.29 is 9.53 Å². The van der Waals surface area contributed by atoms with Crippen LogP contribution in [0.5, 0.6) is 5.75 Å². The van der Waals surface area contributed by atoms with Crippen LogP contribution in [0.3, 0.4) is 0 Å². The van der Waals surface area contributed by atoms with Gasteiger partial charge in [0.2, 0.25) is 0 Å². The van der Waals surface area contributed by atoms with Gasteiger partial charge in [0, 0.05) is 43.0 Å². The van der Waals surface area contributed by atoms with Crippen LogP contribution in [0.4, 0.5) is 5.82 Å². The first-order valence-corrected chi connectivity index (χ1v) is 11.6. The molecular weight excluding hydrogens is 402 g/mol. The summed E-state index contributed by atoms with van der Waals surface area (Å²) >= 11 is 0. The number of fused-ring (bicyclic) bond motifs is 1. The van der Waals surface area contributed by atoms with E-state index < -0.39 is 0 Å². The molecule has 2 fully saturated rings. The van der Waals surface area contributed by atoms with Gasteiger partial charge in [-0.1, -0.05) is 13.0 Å². The minimum absolute atomic E-state index is 0.0292. The summed E-state index contributed by atoms with van der Waals surface area (Å²) in [5, 5.41) is 4.86. The van der Waals surface area contributed by atoms with Crippen LogP contribution in [-0.4, -0.2) is 52.1 Å². The third-order valence-electron chi connectivity index (χ3n) is 6.77. The molecule has 2 saturated heterocycles. The monoisotopic (exact) mass is 433 g/mol. The van der Waals surface area contributed by atoms with E-state index in [0.29, 0.717) is 17.2 Å². The molecule has 0 bridgehead atoms. The number of hydrogen-bond acceptors (Lipinski definition) is 5. The Balaban J connectivity index is 1.46. The van der Waals surface area contributed by atoms with Gasteiger partial charge in [-0.25, -0.2) is 9.50 Å². The third kappa shape index (κ3) is 3.80. The van der Waals surface area contributed by atoms with Gasteiger partial charge in [0.15, 0.2) is 5.65 Å². The molecule has 2 atom stereocenters. The number of amides is 1. The number of carbonyl (C=O) groups is 1. The molecule has 3 aromatic rings. The standard InChI is InChI=1S/C25H31N5O2/c1-17-10-12-28(15-17)24-18(2)16-30-23(26-24)14-21(27-30)22-9-4-5-11-29(22)25(31)19-7-6-8-20(13-19)32-3/h6-8,13-14,16-17,22H,4-5,9-12,15H2,1-3H3/t17-,22-/m0/s1. The lowest BCUT2D eigenvalue weighted by atomic mass is 9.98. The molecule has 0 N–H and O–H groups in total. The fraction of sp³-hybridized carbons (Fsp3) is 0.480. The molecule has 1 amide bonds. The normalized spacial score (nSPS) is 21.3. The molecule has 0 radical (unpaired) electrons. The van der Waals surface area contributed by atoms with Crippen molar-refractivity contribution in [3.63, 3.8) is 0 Å². The highest BCUT2D eigenvalue weighted by Gasteiger charge is 2.31. The Morgan fingerprint density at radius 1 is 1.16 bits per heavy atom. The van der Waals surface area contributed by atoms with Crippen molar-refractivity contribution >= 4 is 17.4 Å². The predicted molar refractivity (Wildman–Crippen MR) is 124 cm³/mol. The van der Waals surface area contributed by atoms with E-state index in [2.05, 4.69) is 31.0 Å². The number of benzene rings is 1. The van der Waals surface area contributed by atoms with Crippen molar-refractivity contribution in [2.45, 2.75) is 45.6 Å². The third-order valence-corrected chi connectivity index (χ3v) is 6.77. The largest absolute Gasteiger partial charge is 0.497 e. The van der Waals surface area contributed by atoms with Crippen LogP contribution in [0, 0.1) is 12.8 Å². The second-order valence-electron chi connectivity index (χ2n) is 9.20. The number of rotatable bonds is 4. The molecule has 0 saturated carbocycles. The van der Waals surface area contributed by atoms with Crippen molar-refractivity contribution in [3.05, 3.63) is 53.3 Å².